The molecule has 2 aliphatic heterocycles. The molecule has 0 radical (unpaired) electrons. The highest BCUT2D eigenvalue weighted by atomic mass is 16.7. The maximum Gasteiger partial charge on any atom is 0.296 e. The molecule has 2 aromatic carbocycles. The number of amides is 1. The predicted octanol–water partition coefficient (Wildman–Crippen LogP) is 4.03. The van der Waals surface area contributed by atoms with Gasteiger partial charge in [-0.15, -0.1) is 0 Å². The minimum atomic E-state index is -0.878. The van der Waals surface area contributed by atoms with Crippen LogP contribution in [-0.4, -0.2) is 35.1 Å². The third kappa shape index (κ3) is 3.69. The molecule has 1 N–H and O–H groups in total. The van der Waals surface area contributed by atoms with Crippen molar-refractivity contribution in [3.8, 4) is 17.2 Å². The predicted molar refractivity (Wildman–Crippen MR) is 117 cm³/mol. The molecule has 1 saturated heterocycles. The SMILES string of the molecule is CCOc1ccc(/C(O)=C2/C(=O)C(=O)N(Cc3ccc4c(c3)OCO4)C2c2ccco2)cc1. The number of furan rings is 1. The highest BCUT2D eigenvalue weighted by molar-refractivity contribution is 6.46. The Kier molecular flexibility index (Phi) is 5.26. The van der Waals surface area contributed by atoms with E-state index in [1.807, 2.05) is 6.92 Å². The van der Waals surface area contributed by atoms with Crippen LogP contribution in [0.3, 0.4) is 0 Å². The fourth-order valence-corrected chi connectivity index (χ4v) is 4.05. The smallest absolute Gasteiger partial charge is 0.296 e. The first-order valence-corrected chi connectivity index (χ1v) is 10.5. The van der Waals surface area contributed by atoms with Gasteiger partial charge < -0.3 is 28.6 Å². The van der Waals surface area contributed by atoms with Crippen LogP contribution in [0.1, 0.15) is 29.9 Å². The van der Waals surface area contributed by atoms with E-state index in [1.165, 1.54) is 11.2 Å². The Hall–Kier alpha value is -4.20. The first-order valence-electron chi connectivity index (χ1n) is 10.5. The van der Waals surface area contributed by atoms with Gasteiger partial charge in [0, 0.05) is 12.1 Å². The number of carbonyl (C=O) groups is 2. The van der Waals surface area contributed by atoms with E-state index in [-0.39, 0.29) is 24.7 Å². The zero-order chi connectivity index (χ0) is 22.9. The second-order valence-corrected chi connectivity index (χ2v) is 7.59. The van der Waals surface area contributed by atoms with Gasteiger partial charge in [-0.25, -0.2) is 0 Å². The number of aliphatic hydroxyl groups is 1. The lowest BCUT2D eigenvalue weighted by Crippen LogP contribution is -2.29. The number of carbonyl (C=O) groups excluding carboxylic acids is 2. The van der Waals surface area contributed by atoms with Crippen LogP contribution in [0.2, 0.25) is 0 Å². The summed E-state index contributed by atoms with van der Waals surface area (Å²) in [5, 5.41) is 11.1. The molecule has 5 rings (SSSR count). The number of rotatable bonds is 6. The second-order valence-electron chi connectivity index (χ2n) is 7.59. The molecule has 168 valence electrons. The van der Waals surface area contributed by atoms with Crippen LogP contribution in [0, 0.1) is 0 Å². The van der Waals surface area contributed by atoms with Crippen LogP contribution in [0.5, 0.6) is 17.2 Å². The zero-order valence-corrected chi connectivity index (χ0v) is 17.8. The van der Waals surface area contributed by atoms with Crippen molar-refractivity contribution in [3.63, 3.8) is 0 Å². The van der Waals surface area contributed by atoms with E-state index in [2.05, 4.69) is 0 Å². The summed E-state index contributed by atoms with van der Waals surface area (Å²) in [5.74, 6) is 0.449. The van der Waals surface area contributed by atoms with Crippen molar-refractivity contribution in [2.75, 3.05) is 13.4 Å². The van der Waals surface area contributed by atoms with E-state index in [0.29, 0.717) is 35.2 Å². The molecule has 0 saturated carbocycles. The van der Waals surface area contributed by atoms with Gasteiger partial charge in [-0.1, -0.05) is 6.07 Å². The quantitative estimate of drug-likeness (QED) is 0.346. The van der Waals surface area contributed by atoms with Crippen LogP contribution in [-0.2, 0) is 16.1 Å². The number of fused-ring (bicyclic) bond motifs is 1. The van der Waals surface area contributed by atoms with Crippen LogP contribution >= 0.6 is 0 Å². The molecular formula is C25H21NO7. The van der Waals surface area contributed by atoms with Crippen LogP contribution in [0.4, 0.5) is 0 Å². The molecular weight excluding hydrogens is 426 g/mol. The molecule has 1 fully saturated rings. The number of aliphatic hydroxyl groups excluding tert-OH is 1. The average molecular weight is 447 g/mol. The molecule has 1 atom stereocenters. The van der Waals surface area contributed by atoms with E-state index in [4.69, 9.17) is 18.6 Å². The minimum Gasteiger partial charge on any atom is -0.507 e. The van der Waals surface area contributed by atoms with Gasteiger partial charge in [0.25, 0.3) is 11.7 Å². The first kappa shape index (κ1) is 20.7. The summed E-state index contributed by atoms with van der Waals surface area (Å²) in [6, 6.07) is 14.5. The minimum absolute atomic E-state index is 0.0279. The van der Waals surface area contributed by atoms with Crippen LogP contribution in [0.25, 0.3) is 5.76 Å². The fourth-order valence-electron chi connectivity index (χ4n) is 4.05. The number of hydrogen-bond donors (Lipinski definition) is 1. The molecule has 33 heavy (non-hydrogen) atoms. The molecule has 8 heteroatoms. The Balaban J connectivity index is 1.54. The Morgan fingerprint density at radius 2 is 1.88 bits per heavy atom. The Morgan fingerprint density at radius 3 is 2.61 bits per heavy atom. The summed E-state index contributed by atoms with van der Waals surface area (Å²) in [5.41, 5.74) is 1.12. The van der Waals surface area contributed by atoms with Crippen molar-refractivity contribution in [2.24, 2.45) is 0 Å². The van der Waals surface area contributed by atoms with Gasteiger partial charge in [-0.2, -0.15) is 0 Å². The topological polar surface area (TPSA) is 98.4 Å². The highest BCUT2D eigenvalue weighted by Crippen LogP contribution is 2.41. The molecule has 0 spiro atoms. The van der Waals surface area contributed by atoms with E-state index in [0.717, 1.165) is 5.56 Å². The maximum atomic E-state index is 13.1. The standard InChI is InChI=1S/C25H21NO7/c1-2-30-17-8-6-16(7-9-17)23(27)21-22(19-4-3-11-31-19)26(25(29)24(21)28)13-15-5-10-18-20(12-15)33-14-32-18/h3-12,22,27H,2,13-14H2,1H3/b23-21-. The summed E-state index contributed by atoms with van der Waals surface area (Å²) >= 11 is 0. The summed E-state index contributed by atoms with van der Waals surface area (Å²) in [6.07, 6.45) is 1.47. The Labute approximate surface area is 189 Å². The monoisotopic (exact) mass is 447 g/mol. The molecule has 8 nitrogen and oxygen atoms in total. The van der Waals surface area contributed by atoms with E-state index >= 15 is 0 Å². The number of Topliss-reactive ketones (excluding diaryl/α,β-unsaturated/α-hetero) is 1. The number of hydrogen-bond acceptors (Lipinski definition) is 7. The number of nitrogens with zero attached hydrogens (tertiary/aromatic N) is 1. The number of ketones is 1. The third-order valence-electron chi connectivity index (χ3n) is 5.58. The van der Waals surface area contributed by atoms with Gasteiger partial charge in [0.05, 0.1) is 18.4 Å². The summed E-state index contributed by atoms with van der Waals surface area (Å²) in [6.45, 7) is 2.64. The fraction of sp³-hybridized carbons (Fsp3) is 0.200. The third-order valence-corrected chi connectivity index (χ3v) is 5.58. The van der Waals surface area contributed by atoms with Gasteiger partial charge in [0.1, 0.15) is 23.3 Å². The van der Waals surface area contributed by atoms with Gasteiger partial charge in [0.15, 0.2) is 11.5 Å². The Morgan fingerprint density at radius 1 is 1.09 bits per heavy atom. The molecule has 1 amide bonds. The molecule has 0 bridgehead atoms. The molecule has 2 aliphatic rings. The lowest BCUT2D eigenvalue weighted by molar-refractivity contribution is -0.140. The molecule has 1 aromatic heterocycles. The highest BCUT2D eigenvalue weighted by Gasteiger charge is 2.47. The maximum absolute atomic E-state index is 13.1. The van der Waals surface area contributed by atoms with Crippen molar-refractivity contribution in [1.29, 1.82) is 0 Å². The molecule has 1 unspecified atom stereocenters. The number of ether oxygens (including phenoxy) is 3. The zero-order valence-electron chi connectivity index (χ0n) is 17.8. The van der Waals surface area contributed by atoms with Crippen LogP contribution < -0.4 is 14.2 Å². The summed E-state index contributed by atoms with van der Waals surface area (Å²) < 4.78 is 21.8. The summed E-state index contributed by atoms with van der Waals surface area (Å²) in [7, 11) is 0. The van der Waals surface area contributed by atoms with Gasteiger partial charge in [-0.05, 0) is 61.0 Å². The van der Waals surface area contributed by atoms with Crippen molar-refractivity contribution < 1.29 is 33.3 Å². The van der Waals surface area contributed by atoms with E-state index in [9.17, 15) is 14.7 Å². The first-order chi connectivity index (χ1) is 16.1. The lowest BCUT2D eigenvalue weighted by Gasteiger charge is -2.23. The summed E-state index contributed by atoms with van der Waals surface area (Å²) in [4.78, 5) is 27.5. The van der Waals surface area contributed by atoms with Crippen molar-refractivity contribution in [3.05, 3.63) is 83.3 Å². The number of benzene rings is 2. The van der Waals surface area contributed by atoms with Gasteiger partial charge in [0.2, 0.25) is 6.79 Å². The Bertz CT molecular complexity index is 1230. The normalized spacial score (nSPS) is 18.7. The van der Waals surface area contributed by atoms with Crippen molar-refractivity contribution in [2.45, 2.75) is 19.5 Å². The largest absolute Gasteiger partial charge is 0.507 e. The molecule has 3 aromatic rings. The van der Waals surface area contributed by atoms with E-state index < -0.39 is 17.7 Å². The molecule has 3 heterocycles. The van der Waals surface area contributed by atoms with Gasteiger partial charge >= 0.3 is 0 Å². The average Bonchev–Trinajstić information content (AvgIpc) is 3.56. The lowest BCUT2D eigenvalue weighted by atomic mass is 9.99. The molecule has 0 aliphatic carbocycles. The van der Waals surface area contributed by atoms with E-state index in [1.54, 1.807) is 54.6 Å². The number of likely N-dealkylation sites (tertiary alicyclic amines) is 1. The van der Waals surface area contributed by atoms with Crippen molar-refractivity contribution in [1.82, 2.24) is 4.90 Å². The van der Waals surface area contributed by atoms with Crippen LogP contribution in [0.15, 0.2) is 70.9 Å². The second kappa shape index (κ2) is 8.38. The van der Waals surface area contributed by atoms with Gasteiger partial charge in [-0.3, -0.25) is 9.59 Å². The van der Waals surface area contributed by atoms with Crippen molar-refractivity contribution >= 4 is 17.4 Å².